The largest absolute Gasteiger partial charge is 0.495 e. The number of benzene rings is 1. The van der Waals surface area contributed by atoms with Crippen molar-refractivity contribution in [1.82, 2.24) is 9.97 Å². The third-order valence-electron chi connectivity index (χ3n) is 3.81. The van der Waals surface area contributed by atoms with Crippen LogP contribution in [0.3, 0.4) is 0 Å². The highest BCUT2D eigenvalue weighted by Crippen LogP contribution is 2.38. The molecule has 1 aromatic carbocycles. The molecule has 4 heteroatoms. The number of pyridine rings is 2. The van der Waals surface area contributed by atoms with Crippen molar-refractivity contribution < 1.29 is 4.74 Å². The van der Waals surface area contributed by atoms with Gasteiger partial charge in [-0.3, -0.25) is 9.97 Å². The predicted octanol–water partition coefficient (Wildman–Crippen LogP) is 5.26. The van der Waals surface area contributed by atoms with E-state index in [0.717, 1.165) is 27.9 Å². The summed E-state index contributed by atoms with van der Waals surface area (Å²) in [6.07, 6.45) is 1.80. The Kier molecular flexibility index (Phi) is 3.99. The maximum atomic E-state index is 6.52. The summed E-state index contributed by atoms with van der Waals surface area (Å²) in [5, 5.41) is 1.51. The van der Waals surface area contributed by atoms with E-state index in [0.29, 0.717) is 10.8 Å². The fraction of sp³-hybridized carbons (Fsp3) is 0.263. The minimum absolute atomic E-state index is 0.0931. The monoisotopic (exact) mass is 326 g/mol. The zero-order valence-corrected chi connectivity index (χ0v) is 14.5. The van der Waals surface area contributed by atoms with E-state index in [1.807, 2.05) is 30.3 Å². The van der Waals surface area contributed by atoms with Gasteiger partial charge in [0, 0.05) is 28.3 Å². The van der Waals surface area contributed by atoms with Gasteiger partial charge in [0.25, 0.3) is 0 Å². The van der Waals surface area contributed by atoms with Crippen molar-refractivity contribution in [2.24, 2.45) is 0 Å². The fourth-order valence-corrected chi connectivity index (χ4v) is 2.80. The second-order valence-corrected chi connectivity index (χ2v) is 6.88. The Morgan fingerprint density at radius 2 is 1.87 bits per heavy atom. The highest BCUT2D eigenvalue weighted by Gasteiger charge is 2.21. The van der Waals surface area contributed by atoms with Gasteiger partial charge in [-0.05, 0) is 30.3 Å². The summed E-state index contributed by atoms with van der Waals surface area (Å²) in [6.45, 7) is 6.41. The van der Waals surface area contributed by atoms with E-state index in [1.165, 1.54) is 0 Å². The van der Waals surface area contributed by atoms with Gasteiger partial charge in [-0.2, -0.15) is 0 Å². The number of aromatic nitrogens is 2. The lowest BCUT2D eigenvalue weighted by molar-refractivity contribution is 0.415. The predicted molar refractivity (Wildman–Crippen MR) is 95.2 cm³/mol. The highest BCUT2D eigenvalue weighted by molar-refractivity contribution is 6.37. The summed E-state index contributed by atoms with van der Waals surface area (Å²) < 4.78 is 5.34. The van der Waals surface area contributed by atoms with Gasteiger partial charge < -0.3 is 4.74 Å². The zero-order chi connectivity index (χ0) is 16.6. The van der Waals surface area contributed by atoms with E-state index < -0.39 is 0 Å². The second-order valence-electron chi connectivity index (χ2n) is 6.50. The van der Waals surface area contributed by atoms with Gasteiger partial charge in [-0.1, -0.05) is 38.4 Å². The average Bonchev–Trinajstić information content (AvgIpc) is 2.54. The summed E-state index contributed by atoms with van der Waals surface area (Å²) in [7, 11) is 1.61. The first-order chi connectivity index (χ1) is 10.9. The molecular weight excluding hydrogens is 308 g/mol. The molecule has 118 valence electrons. The Morgan fingerprint density at radius 3 is 2.48 bits per heavy atom. The number of hydrogen-bond acceptors (Lipinski definition) is 3. The molecule has 0 amide bonds. The molecule has 3 rings (SSSR count). The SMILES string of the molecule is COc1ccc2c(-c3ccccn3)cc(C(C)(C)C)nc2c1Cl. The van der Waals surface area contributed by atoms with Crippen LogP contribution in [-0.2, 0) is 5.41 Å². The second kappa shape index (κ2) is 5.82. The Labute approximate surface area is 141 Å². The van der Waals surface area contributed by atoms with Gasteiger partial charge in [-0.25, -0.2) is 0 Å². The number of nitrogens with zero attached hydrogens (tertiary/aromatic N) is 2. The van der Waals surface area contributed by atoms with Gasteiger partial charge in [0.05, 0.1) is 18.3 Å². The molecule has 0 saturated heterocycles. The summed E-state index contributed by atoms with van der Waals surface area (Å²) >= 11 is 6.52. The lowest BCUT2D eigenvalue weighted by Crippen LogP contribution is -2.14. The fourth-order valence-electron chi connectivity index (χ4n) is 2.52. The molecule has 0 unspecified atom stereocenters. The molecule has 3 nitrogen and oxygen atoms in total. The number of rotatable bonds is 2. The molecule has 0 spiro atoms. The van der Waals surface area contributed by atoms with E-state index in [9.17, 15) is 0 Å². The highest BCUT2D eigenvalue weighted by atomic mass is 35.5. The normalized spacial score (nSPS) is 11.7. The zero-order valence-electron chi connectivity index (χ0n) is 13.7. The first-order valence-electron chi connectivity index (χ1n) is 7.51. The third kappa shape index (κ3) is 2.89. The van der Waals surface area contributed by atoms with Crippen LogP contribution in [0.25, 0.3) is 22.2 Å². The Hall–Kier alpha value is -2.13. The van der Waals surface area contributed by atoms with Crippen molar-refractivity contribution in [2.45, 2.75) is 26.2 Å². The van der Waals surface area contributed by atoms with Crippen LogP contribution in [-0.4, -0.2) is 17.1 Å². The van der Waals surface area contributed by atoms with Crippen molar-refractivity contribution >= 4 is 22.5 Å². The van der Waals surface area contributed by atoms with Crippen LogP contribution in [0.5, 0.6) is 5.75 Å². The molecule has 0 atom stereocenters. The molecule has 23 heavy (non-hydrogen) atoms. The van der Waals surface area contributed by atoms with E-state index in [4.69, 9.17) is 21.3 Å². The van der Waals surface area contributed by atoms with Crippen LogP contribution in [0, 0.1) is 0 Å². The van der Waals surface area contributed by atoms with E-state index in [1.54, 1.807) is 13.3 Å². The number of methoxy groups -OCH3 is 1. The standard InChI is InChI=1S/C19H19ClN2O/c1-19(2,3)16-11-13(14-7-5-6-10-21-14)12-8-9-15(23-4)17(20)18(12)22-16/h5-11H,1-4H3. The first-order valence-corrected chi connectivity index (χ1v) is 7.89. The lowest BCUT2D eigenvalue weighted by Gasteiger charge is -2.20. The summed E-state index contributed by atoms with van der Waals surface area (Å²) in [4.78, 5) is 9.29. The van der Waals surface area contributed by atoms with E-state index in [-0.39, 0.29) is 5.41 Å². The van der Waals surface area contributed by atoms with Crippen LogP contribution in [0.15, 0.2) is 42.6 Å². The number of hydrogen-bond donors (Lipinski definition) is 0. The maximum Gasteiger partial charge on any atom is 0.139 e. The van der Waals surface area contributed by atoms with Gasteiger partial charge in [0.1, 0.15) is 10.8 Å². The Morgan fingerprint density at radius 1 is 1.09 bits per heavy atom. The van der Waals surface area contributed by atoms with Gasteiger partial charge >= 0.3 is 0 Å². The van der Waals surface area contributed by atoms with Crippen molar-refractivity contribution in [2.75, 3.05) is 7.11 Å². The Bertz CT molecular complexity index is 855. The van der Waals surface area contributed by atoms with Crippen LogP contribution < -0.4 is 4.74 Å². The molecule has 0 aliphatic carbocycles. The molecule has 3 aromatic rings. The van der Waals surface area contributed by atoms with Crippen LogP contribution in [0.1, 0.15) is 26.5 Å². The topological polar surface area (TPSA) is 35.0 Å². The molecule has 0 fully saturated rings. The summed E-state index contributed by atoms with van der Waals surface area (Å²) in [5.41, 5.74) is 3.57. The molecule has 0 aliphatic rings. The maximum absolute atomic E-state index is 6.52. The molecule has 2 heterocycles. The molecule has 0 saturated carbocycles. The van der Waals surface area contributed by atoms with E-state index >= 15 is 0 Å². The average molecular weight is 327 g/mol. The first kappa shape index (κ1) is 15.8. The van der Waals surface area contributed by atoms with Crippen molar-refractivity contribution in [3.63, 3.8) is 0 Å². The van der Waals surface area contributed by atoms with Gasteiger partial charge in [0.2, 0.25) is 0 Å². The van der Waals surface area contributed by atoms with Crippen molar-refractivity contribution in [3.05, 3.63) is 53.3 Å². The molecule has 2 aromatic heterocycles. The number of fused-ring (bicyclic) bond motifs is 1. The molecular formula is C19H19ClN2O. The summed E-state index contributed by atoms with van der Waals surface area (Å²) in [6, 6.07) is 11.9. The van der Waals surface area contributed by atoms with Crippen molar-refractivity contribution in [3.8, 4) is 17.0 Å². The van der Waals surface area contributed by atoms with E-state index in [2.05, 4.69) is 31.8 Å². The summed E-state index contributed by atoms with van der Waals surface area (Å²) in [5.74, 6) is 0.629. The number of ether oxygens (including phenoxy) is 1. The molecule has 0 radical (unpaired) electrons. The minimum Gasteiger partial charge on any atom is -0.495 e. The number of halogens is 1. The van der Waals surface area contributed by atoms with Gasteiger partial charge in [-0.15, -0.1) is 0 Å². The van der Waals surface area contributed by atoms with Crippen LogP contribution in [0.2, 0.25) is 5.02 Å². The van der Waals surface area contributed by atoms with Crippen molar-refractivity contribution in [1.29, 1.82) is 0 Å². The smallest absolute Gasteiger partial charge is 0.139 e. The Balaban J connectivity index is 2.40. The lowest BCUT2D eigenvalue weighted by atomic mass is 9.89. The quantitative estimate of drug-likeness (QED) is 0.644. The minimum atomic E-state index is -0.0931. The third-order valence-corrected chi connectivity index (χ3v) is 4.18. The van der Waals surface area contributed by atoms with Gasteiger partial charge in [0.15, 0.2) is 0 Å². The molecule has 0 bridgehead atoms. The van der Waals surface area contributed by atoms with Crippen LogP contribution in [0.4, 0.5) is 0 Å². The van der Waals surface area contributed by atoms with Crippen LogP contribution >= 0.6 is 11.6 Å². The molecule has 0 N–H and O–H groups in total. The molecule has 0 aliphatic heterocycles.